The van der Waals surface area contributed by atoms with Crippen LogP contribution in [0.2, 0.25) is 0 Å². The standard InChI is InChI=1S/C17H31N5S.HI/c1-14(12-22-9-5-4-6-10-22)11-20-17(18-3)19-8-7-16-13-23-15(2)21-16;/h13-14H,4-12H2,1-3H3,(H2,18,19,20);1H. The molecule has 2 heterocycles. The number of thiazole rings is 1. The van der Waals surface area contributed by atoms with Crippen molar-refractivity contribution in [3.05, 3.63) is 16.1 Å². The van der Waals surface area contributed by atoms with Gasteiger partial charge < -0.3 is 15.5 Å². The van der Waals surface area contributed by atoms with Crippen molar-refractivity contribution in [3.63, 3.8) is 0 Å². The van der Waals surface area contributed by atoms with Crippen molar-refractivity contribution in [1.82, 2.24) is 20.5 Å². The predicted octanol–water partition coefficient (Wildman–Crippen LogP) is 2.90. The summed E-state index contributed by atoms with van der Waals surface area (Å²) < 4.78 is 0. The summed E-state index contributed by atoms with van der Waals surface area (Å²) in [6, 6.07) is 0. The number of rotatable bonds is 7. The Bertz CT molecular complexity index is 485. The summed E-state index contributed by atoms with van der Waals surface area (Å²) in [5.74, 6) is 1.52. The van der Waals surface area contributed by atoms with Gasteiger partial charge in [-0.05, 0) is 38.8 Å². The number of halogens is 1. The predicted molar refractivity (Wildman–Crippen MR) is 115 cm³/mol. The van der Waals surface area contributed by atoms with E-state index in [1.165, 1.54) is 38.9 Å². The van der Waals surface area contributed by atoms with Gasteiger partial charge in [0.05, 0.1) is 10.7 Å². The van der Waals surface area contributed by atoms with Gasteiger partial charge in [-0.1, -0.05) is 13.3 Å². The van der Waals surface area contributed by atoms with Crippen molar-refractivity contribution >= 4 is 41.3 Å². The average Bonchev–Trinajstić information content (AvgIpc) is 2.97. The third kappa shape index (κ3) is 8.11. The van der Waals surface area contributed by atoms with Crippen LogP contribution < -0.4 is 10.6 Å². The molecule has 0 aromatic carbocycles. The van der Waals surface area contributed by atoms with Gasteiger partial charge in [0.25, 0.3) is 0 Å². The van der Waals surface area contributed by atoms with Gasteiger partial charge in [0.1, 0.15) is 0 Å². The van der Waals surface area contributed by atoms with E-state index in [4.69, 9.17) is 0 Å². The number of aliphatic imine (C=N–C) groups is 1. The van der Waals surface area contributed by atoms with Crippen LogP contribution in [0.15, 0.2) is 10.4 Å². The lowest BCUT2D eigenvalue weighted by Crippen LogP contribution is -2.43. The summed E-state index contributed by atoms with van der Waals surface area (Å²) in [6.07, 6.45) is 5.06. The van der Waals surface area contributed by atoms with E-state index in [0.717, 1.165) is 36.2 Å². The minimum Gasteiger partial charge on any atom is -0.356 e. The second kappa shape index (κ2) is 12.0. The first-order valence-electron chi connectivity index (χ1n) is 8.75. The van der Waals surface area contributed by atoms with Crippen LogP contribution in [0.3, 0.4) is 0 Å². The summed E-state index contributed by atoms with van der Waals surface area (Å²) in [4.78, 5) is 11.4. The maximum Gasteiger partial charge on any atom is 0.190 e. The third-order valence-corrected chi connectivity index (χ3v) is 5.02. The molecule has 0 amide bonds. The molecule has 1 aliphatic rings. The Morgan fingerprint density at radius 1 is 1.33 bits per heavy atom. The number of aryl methyl sites for hydroxylation is 1. The number of nitrogens with zero attached hydrogens (tertiary/aromatic N) is 3. The number of hydrogen-bond donors (Lipinski definition) is 2. The fraction of sp³-hybridized carbons (Fsp3) is 0.765. The SMILES string of the molecule is CN=C(NCCc1csc(C)n1)NCC(C)CN1CCCCC1.I. The van der Waals surface area contributed by atoms with Gasteiger partial charge in [0.15, 0.2) is 5.96 Å². The minimum absolute atomic E-state index is 0. The van der Waals surface area contributed by atoms with Gasteiger partial charge in [-0.25, -0.2) is 4.98 Å². The van der Waals surface area contributed by atoms with Gasteiger partial charge >= 0.3 is 0 Å². The summed E-state index contributed by atoms with van der Waals surface area (Å²) in [5, 5.41) is 10.1. The summed E-state index contributed by atoms with van der Waals surface area (Å²) >= 11 is 1.71. The van der Waals surface area contributed by atoms with Gasteiger partial charge in [-0.3, -0.25) is 4.99 Å². The molecule has 1 aromatic heterocycles. The molecule has 1 fully saturated rings. The van der Waals surface area contributed by atoms with E-state index in [9.17, 15) is 0 Å². The Morgan fingerprint density at radius 3 is 2.71 bits per heavy atom. The zero-order valence-electron chi connectivity index (χ0n) is 15.2. The van der Waals surface area contributed by atoms with Gasteiger partial charge in [-0.15, -0.1) is 35.3 Å². The molecule has 138 valence electrons. The van der Waals surface area contributed by atoms with E-state index < -0.39 is 0 Å². The number of likely N-dealkylation sites (tertiary alicyclic amines) is 1. The van der Waals surface area contributed by atoms with E-state index in [1.54, 1.807) is 11.3 Å². The number of aromatic nitrogens is 1. The van der Waals surface area contributed by atoms with Crippen LogP contribution in [-0.4, -0.2) is 55.6 Å². The van der Waals surface area contributed by atoms with Crippen LogP contribution in [0.1, 0.15) is 36.9 Å². The van der Waals surface area contributed by atoms with E-state index >= 15 is 0 Å². The molecule has 0 spiro atoms. The van der Waals surface area contributed by atoms with Crippen LogP contribution in [-0.2, 0) is 6.42 Å². The topological polar surface area (TPSA) is 52.6 Å². The van der Waals surface area contributed by atoms with Crippen LogP contribution in [0.4, 0.5) is 0 Å². The highest BCUT2D eigenvalue weighted by molar-refractivity contribution is 14.0. The highest BCUT2D eigenvalue weighted by atomic mass is 127. The van der Waals surface area contributed by atoms with Gasteiger partial charge in [-0.2, -0.15) is 0 Å². The zero-order chi connectivity index (χ0) is 16.5. The quantitative estimate of drug-likeness (QED) is 0.370. The van der Waals surface area contributed by atoms with Gasteiger partial charge in [0.2, 0.25) is 0 Å². The number of piperidine rings is 1. The molecule has 1 aromatic rings. The molecule has 24 heavy (non-hydrogen) atoms. The molecule has 1 atom stereocenters. The van der Waals surface area contributed by atoms with Crippen molar-refractivity contribution in [2.75, 3.05) is 39.8 Å². The first-order valence-corrected chi connectivity index (χ1v) is 9.63. The Kier molecular flexibility index (Phi) is 10.8. The first-order chi connectivity index (χ1) is 11.2. The fourth-order valence-electron chi connectivity index (χ4n) is 2.97. The molecule has 1 saturated heterocycles. The molecule has 1 unspecified atom stereocenters. The van der Waals surface area contributed by atoms with Crippen LogP contribution in [0, 0.1) is 12.8 Å². The second-order valence-corrected chi connectivity index (χ2v) is 7.52. The van der Waals surface area contributed by atoms with Crippen LogP contribution in [0.25, 0.3) is 0 Å². The minimum atomic E-state index is 0. The highest BCUT2D eigenvalue weighted by Crippen LogP contribution is 2.10. The Balaban J connectivity index is 0.00000288. The summed E-state index contributed by atoms with van der Waals surface area (Å²) in [6.45, 7) is 9.91. The molecule has 0 saturated carbocycles. The third-order valence-electron chi connectivity index (χ3n) is 4.20. The molecule has 7 heteroatoms. The highest BCUT2D eigenvalue weighted by Gasteiger charge is 2.13. The molecule has 1 aliphatic heterocycles. The molecule has 5 nitrogen and oxygen atoms in total. The van der Waals surface area contributed by atoms with E-state index in [2.05, 4.69) is 37.8 Å². The summed E-state index contributed by atoms with van der Waals surface area (Å²) in [5.41, 5.74) is 1.16. The largest absolute Gasteiger partial charge is 0.356 e. The van der Waals surface area contributed by atoms with Crippen LogP contribution in [0.5, 0.6) is 0 Å². The van der Waals surface area contributed by atoms with Crippen molar-refractivity contribution in [2.45, 2.75) is 39.5 Å². The lowest BCUT2D eigenvalue weighted by molar-refractivity contribution is 0.201. The molecule has 0 aliphatic carbocycles. The van der Waals surface area contributed by atoms with Crippen molar-refractivity contribution in [2.24, 2.45) is 10.9 Å². The monoisotopic (exact) mass is 465 g/mol. The van der Waals surface area contributed by atoms with Crippen molar-refractivity contribution in [1.29, 1.82) is 0 Å². The summed E-state index contributed by atoms with van der Waals surface area (Å²) in [7, 11) is 1.83. The number of nitrogens with one attached hydrogen (secondary N) is 2. The smallest absolute Gasteiger partial charge is 0.190 e. The maximum absolute atomic E-state index is 4.49. The lowest BCUT2D eigenvalue weighted by Gasteiger charge is -2.29. The molecule has 0 bridgehead atoms. The molecular formula is C17H32IN5S. The second-order valence-electron chi connectivity index (χ2n) is 6.45. The number of guanidine groups is 1. The normalized spacial score (nSPS) is 17.2. The zero-order valence-corrected chi connectivity index (χ0v) is 18.3. The average molecular weight is 465 g/mol. The van der Waals surface area contributed by atoms with Crippen LogP contribution >= 0.6 is 35.3 Å². The number of hydrogen-bond acceptors (Lipinski definition) is 4. The van der Waals surface area contributed by atoms with E-state index in [0.29, 0.717) is 5.92 Å². The van der Waals surface area contributed by atoms with Crippen molar-refractivity contribution in [3.8, 4) is 0 Å². The lowest BCUT2D eigenvalue weighted by atomic mass is 10.1. The Hall–Kier alpha value is -0.410. The Morgan fingerprint density at radius 2 is 2.08 bits per heavy atom. The maximum atomic E-state index is 4.49. The molecular weight excluding hydrogens is 433 g/mol. The first kappa shape index (κ1) is 21.6. The molecule has 2 N–H and O–H groups in total. The molecule has 2 rings (SSSR count). The fourth-order valence-corrected chi connectivity index (χ4v) is 3.62. The van der Waals surface area contributed by atoms with Gasteiger partial charge in [0, 0.05) is 38.5 Å². The molecule has 0 radical (unpaired) electrons. The van der Waals surface area contributed by atoms with Crippen molar-refractivity contribution < 1.29 is 0 Å². The van der Waals surface area contributed by atoms with E-state index in [1.807, 2.05) is 14.0 Å². The van der Waals surface area contributed by atoms with E-state index in [-0.39, 0.29) is 24.0 Å². The Labute approximate surface area is 167 Å².